The van der Waals surface area contributed by atoms with Gasteiger partial charge in [0.25, 0.3) is 0 Å². The van der Waals surface area contributed by atoms with Gasteiger partial charge in [-0.25, -0.2) is 0 Å². The molecule has 0 spiro atoms. The van der Waals surface area contributed by atoms with Gasteiger partial charge in [0.1, 0.15) is 11.9 Å². The summed E-state index contributed by atoms with van der Waals surface area (Å²) in [5.74, 6) is 2.96. The molecule has 0 aliphatic rings. The first-order chi connectivity index (χ1) is 10.7. The number of aliphatic imine (C=N–C) groups is 1. The van der Waals surface area contributed by atoms with Crippen LogP contribution in [0, 0.1) is 6.92 Å². The molecule has 0 radical (unpaired) electrons. The van der Waals surface area contributed by atoms with Crippen molar-refractivity contribution in [2.24, 2.45) is 4.99 Å². The summed E-state index contributed by atoms with van der Waals surface area (Å²) in [6.07, 6.45) is 4.62. The lowest BCUT2D eigenvalue weighted by Gasteiger charge is -2.18. The number of ether oxygens (including phenoxy) is 1. The Bertz CT molecular complexity index is 440. The number of nitrogens with zero attached hydrogens (tertiary/aromatic N) is 1. The van der Waals surface area contributed by atoms with Crippen LogP contribution in [0.5, 0.6) is 5.75 Å². The van der Waals surface area contributed by atoms with Gasteiger partial charge >= 0.3 is 0 Å². The molecule has 0 saturated heterocycles. The lowest BCUT2D eigenvalue weighted by atomic mass is 10.2. The Balaban J connectivity index is 0.00000484. The molecule has 1 atom stereocenters. The Kier molecular flexibility index (Phi) is 13.4. The Labute approximate surface area is 162 Å². The Morgan fingerprint density at radius 1 is 1.22 bits per heavy atom. The summed E-state index contributed by atoms with van der Waals surface area (Å²) in [6.45, 7) is 5.80. The molecule has 0 heterocycles. The second-order valence-electron chi connectivity index (χ2n) is 5.32. The third-order valence-electron chi connectivity index (χ3n) is 3.21. The van der Waals surface area contributed by atoms with E-state index in [-0.39, 0.29) is 30.1 Å². The van der Waals surface area contributed by atoms with Crippen LogP contribution in [0.1, 0.15) is 25.3 Å². The van der Waals surface area contributed by atoms with Crippen molar-refractivity contribution in [2.75, 3.05) is 32.1 Å². The molecule has 0 aliphatic heterocycles. The number of thioether (sulfide) groups is 1. The number of halogens is 1. The van der Waals surface area contributed by atoms with E-state index in [1.165, 1.54) is 17.7 Å². The summed E-state index contributed by atoms with van der Waals surface area (Å²) < 4.78 is 5.87. The minimum atomic E-state index is 0. The molecule has 23 heavy (non-hydrogen) atoms. The molecule has 1 aromatic carbocycles. The molecule has 0 amide bonds. The highest BCUT2D eigenvalue weighted by Crippen LogP contribution is 2.12. The van der Waals surface area contributed by atoms with Crippen LogP contribution in [0.3, 0.4) is 0 Å². The maximum absolute atomic E-state index is 5.87. The van der Waals surface area contributed by atoms with E-state index in [1.54, 1.807) is 7.05 Å². The fourth-order valence-corrected chi connectivity index (χ4v) is 2.42. The molecule has 132 valence electrons. The van der Waals surface area contributed by atoms with Crippen molar-refractivity contribution in [1.82, 2.24) is 10.6 Å². The van der Waals surface area contributed by atoms with Crippen LogP contribution in [-0.4, -0.2) is 44.2 Å². The molecule has 1 rings (SSSR count). The van der Waals surface area contributed by atoms with Crippen LogP contribution in [0.15, 0.2) is 29.3 Å². The summed E-state index contributed by atoms with van der Waals surface area (Å²) in [7, 11) is 1.79. The van der Waals surface area contributed by atoms with Crippen LogP contribution in [0.4, 0.5) is 0 Å². The number of hydrogen-bond acceptors (Lipinski definition) is 3. The first-order valence-corrected chi connectivity index (χ1v) is 9.22. The minimum absolute atomic E-state index is 0. The number of unbranched alkanes of at least 4 members (excludes halogenated alkanes) is 1. The van der Waals surface area contributed by atoms with Crippen molar-refractivity contribution >= 4 is 41.7 Å². The molecule has 1 unspecified atom stereocenters. The quantitative estimate of drug-likeness (QED) is 0.260. The predicted octanol–water partition coefficient (Wildman–Crippen LogP) is 3.69. The van der Waals surface area contributed by atoms with E-state index in [0.29, 0.717) is 0 Å². The molecule has 0 aromatic heterocycles. The van der Waals surface area contributed by atoms with Gasteiger partial charge in [-0.05, 0) is 50.8 Å². The fourth-order valence-electron chi connectivity index (χ4n) is 1.93. The van der Waals surface area contributed by atoms with Gasteiger partial charge in [-0.2, -0.15) is 11.8 Å². The maximum Gasteiger partial charge on any atom is 0.191 e. The fraction of sp³-hybridized carbons (Fsp3) is 0.588. The monoisotopic (exact) mass is 451 g/mol. The molecule has 1 aromatic rings. The van der Waals surface area contributed by atoms with E-state index in [4.69, 9.17) is 4.74 Å². The lowest BCUT2D eigenvalue weighted by molar-refractivity contribution is 0.224. The van der Waals surface area contributed by atoms with E-state index < -0.39 is 0 Å². The number of benzene rings is 1. The van der Waals surface area contributed by atoms with Crippen LogP contribution in [0.25, 0.3) is 0 Å². The van der Waals surface area contributed by atoms with Crippen molar-refractivity contribution in [2.45, 2.75) is 32.8 Å². The Hall–Kier alpha value is -0.630. The van der Waals surface area contributed by atoms with Crippen LogP contribution in [0.2, 0.25) is 0 Å². The molecule has 6 heteroatoms. The molecule has 4 nitrogen and oxygen atoms in total. The van der Waals surface area contributed by atoms with E-state index in [0.717, 1.165) is 31.2 Å². The highest BCUT2D eigenvalue weighted by atomic mass is 127. The van der Waals surface area contributed by atoms with Gasteiger partial charge in [0.2, 0.25) is 0 Å². The summed E-state index contributed by atoms with van der Waals surface area (Å²) in [4.78, 5) is 4.23. The van der Waals surface area contributed by atoms with Crippen LogP contribution in [-0.2, 0) is 0 Å². The number of nitrogens with one attached hydrogen (secondary N) is 2. The van der Waals surface area contributed by atoms with Gasteiger partial charge in [-0.3, -0.25) is 4.99 Å². The highest BCUT2D eigenvalue weighted by Gasteiger charge is 2.05. The van der Waals surface area contributed by atoms with Crippen molar-refractivity contribution in [3.05, 3.63) is 29.8 Å². The van der Waals surface area contributed by atoms with Gasteiger partial charge in [-0.1, -0.05) is 17.7 Å². The Morgan fingerprint density at radius 2 is 1.91 bits per heavy atom. The highest BCUT2D eigenvalue weighted by molar-refractivity contribution is 14.0. The molecule has 2 N–H and O–H groups in total. The van der Waals surface area contributed by atoms with Crippen molar-refractivity contribution in [3.63, 3.8) is 0 Å². The van der Waals surface area contributed by atoms with Crippen LogP contribution < -0.4 is 15.4 Å². The number of hydrogen-bond donors (Lipinski definition) is 2. The maximum atomic E-state index is 5.87. The van der Waals surface area contributed by atoms with Crippen molar-refractivity contribution in [3.8, 4) is 5.75 Å². The zero-order valence-corrected chi connectivity index (χ0v) is 17.7. The molecular weight excluding hydrogens is 421 g/mol. The first-order valence-electron chi connectivity index (χ1n) is 7.82. The molecule has 0 bridgehead atoms. The molecule has 0 saturated carbocycles. The van der Waals surface area contributed by atoms with Gasteiger partial charge in [0.05, 0.1) is 6.54 Å². The van der Waals surface area contributed by atoms with E-state index >= 15 is 0 Å². The van der Waals surface area contributed by atoms with E-state index in [9.17, 15) is 0 Å². The van der Waals surface area contributed by atoms with Crippen molar-refractivity contribution in [1.29, 1.82) is 0 Å². The summed E-state index contributed by atoms with van der Waals surface area (Å²) in [5.41, 5.74) is 1.24. The van der Waals surface area contributed by atoms with E-state index in [1.807, 2.05) is 23.9 Å². The van der Waals surface area contributed by atoms with Gasteiger partial charge in [-0.15, -0.1) is 24.0 Å². The third kappa shape index (κ3) is 10.7. The molecule has 0 fully saturated rings. The topological polar surface area (TPSA) is 45.7 Å². The smallest absolute Gasteiger partial charge is 0.191 e. The van der Waals surface area contributed by atoms with E-state index in [2.05, 4.69) is 47.9 Å². The number of aryl methyl sites for hydroxylation is 1. The summed E-state index contributed by atoms with van der Waals surface area (Å²) >= 11 is 1.89. The van der Waals surface area contributed by atoms with Crippen LogP contribution >= 0.6 is 35.7 Å². The second kappa shape index (κ2) is 13.8. The zero-order valence-electron chi connectivity index (χ0n) is 14.6. The average molecular weight is 451 g/mol. The molecular formula is C17H30IN3OS. The van der Waals surface area contributed by atoms with Crippen molar-refractivity contribution < 1.29 is 4.74 Å². The molecule has 0 aliphatic carbocycles. The summed E-state index contributed by atoms with van der Waals surface area (Å²) in [6, 6.07) is 8.13. The zero-order chi connectivity index (χ0) is 16.2. The first kappa shape index (κ1) is 22.4. The number of guanidine groups is 1. The van der Waals surface area contributed by atoms with Gasteiger partial charge < -0.3 is 15.4 Å². The van der Waals surface area contributed by atoms with Gasteiger partial charge in [0, 0.05) is 13.6 Å². The second-order valence-corrected chi connectivity index (χ2v) is 6.31. The summed E-state index contributed by atoms with van der Waals surface area (Å²) in [5, 5.41) is 6.63. The number of rotatable bonds is 9. The third-order valence-corrected chi connectivity index (χ3v) is 3.90. The Morgan fingerprint density at radius 3 is 2.52 bits per heavy atom. The van der Waals surface area contributed by atoms with Gasteiger partial charge in [0.15, 0.2) is 5.96 Å². The lowest BCUT2D eigenvalue weighted by Crippen LogP contribution is -2.42. The SMILES string of the molecule is CN=C(NCCCCSC)NCC(C)Oc1ccc(C)cc1.I. The minimum Gasteiger partial charge on any atom is -0.489 e. The average Bonchev–Trinajstić information content (AvgIpc) is 2.52. The largest absolute Gasteiger partial charge is 0.489 e. The normalized spacial score (nSPS) is 12.3. The standard InChI is InChI=1S/C17H29N3OS.HI/c1-14-7-9-16(10-8-14)21-15(2)13-20-17(18-3)19-11-5-6-12-22-4;/h7-10,15H,5-6,11-13H2,1-4H3,(H2,18,19,20);1H. The predicted molar refractivity (Wildman–Crippen MR) is 114 cm³/mol.